The van der Waals surface area contributed by atoms with Crippen LogP contribution in [0.4, 0.5) is 13.6 Å². The lowest BCUT2D eigenvalue weighted by Gasteiger charge is -2.38. The second-order valence-corrected chi connectivity index (χ2v) is 11.3. The maximum absolute atomic E-state index is 14.8. The van der Waals surface area contributed by atoms with Crippen molar-refractivity contribution in [1.82, 2.24) is 19.6 Å². The van der Waals surface area contributed by atoms with Crippen LogP contribution in [0.3, 0.4) is 0 Å². The van der Waals surface area contributed by atoms with E-state index in [9.17, 15) is 32.0 Å². The molecule has 0 unspecified atom stereocenters. The topological polar surface area (TPSA) is 129 Å². The maximum atomic E-state index is 14.8. The van der Waals surface area contributed by atoms with Gasteiger partial charge in [0, 0.05) is 31.2 Å². The summed E-state index contributed by atoms with van der Waals surface area (Å²) >= 11 is 5.79. The second kappa shape index (κ2) is 12.4. The van der Waals surface area contributed by atoms with Gasteiger partial charge >= 0.3 is 6.09 Å². The van der Waals surface area contributed by atoms with E-state index in [1.807, 2.05) is 0 Å². The molecule has 2 amide bonds. The minimum Gasteiger partial charge on any atom is -0.451 e. The van der Waals surface area contributed by atoms with Crippen molar-refractivity contribution < 1.29 is 41.5 Å². The molecular formula is C24H27ClF2N4O7S. The number of benzene rings is 2. The molecule has 11 nitrogen and oxygen atoms in total. The van der Waals surface area contributed by atoms with E-state index in [4.69, 9.17) is 21.1 Å². The highest BCUT2D eigenvalue weighted by Gasteiger charge is 2.42. The highest BCUT2D eigenvalue weighted by atomic mass is 35.5. The summed E-state index contributed by atoms with van der Waals surface area (Å²) in [5.74, 6) is -4.49. The van der Waals surface area contributed by atoms with Crippen molar-refractivity contribution >= 4 is 33.6 Å². The number of amides is 2. The van der Waals surface area contributed by atoms with E-state index in [2.05, 4.69) is 4.90 Å². The smallest absolute Gasteiger partial charge is 0.409 e. The van der Waals surface area contributed by atoms with Gasteiger partial charge in [-0.15, -0.1) is 0 Å². The van der Waals surface area contributed by atoms with Gasteiger partial charge in [0.25, 0.3) is 5.91 Å². The summed E-state index contributed by atoms with van der Waals surface area (Å²) in [6.45, 7) is 1.52. The SMILES string of the molecule is O=C(NO)[C@H]1CN(C(=O)OCCN2CCCC2)CCN1S(=O)(=O)c1cc(F)c(Oc2ccc(Cl)cc2)c(F)c1. The van der Waals surface area contributed by atoms with Crippen molar-refractivity contribution in [2.24, 2.45) is 0 Å². The number of hydrogen-bond donors (Lipinski definition) is 2. The summed E-state index contributed by atoms with van der Waals surface area (Å²) in [6.07, 6.45) is 1.41. The molecule has 2 heterocycles. The molecule has 15 heteroatoms. The maximum Gasteiger partial charge on any atom is 0.409 e. The van der Waals surface area contributed by atoms with Crippen LogP contribution >= 0.6 is 11.6 Å². The molecule has 2 saturated heterocycles. The number of carbonyl (C=O) groups excluding carboxylic acids is 2. The monoisotopic (exact) mass is 588 g/mol. The van der Waals surface area contributed by atoms with Gasteiger partial charge in [0.2, 0.25) is 10.0 Å². The van der Waals surface area contributed by atoms with Gasteiger partial charge in [-0.3, -0.25) is 14.9 Å². The third-order valence-electron chi connectivity index (χ3n) is 6.45. The lowest BCUT2D eigenvalue weighted by molar-refractivity contribution is -0.134. The van der Waals surface area contributed by atoms with Crippen molar-refractivity contribution in [3.63, 3.8) is 0 Å². The van der Waals surface area contributed by atoms with Crippen LogP contribution < -0.4 is 10.2 Å². The molecule has 2 N–H and O–H groups in total. The summed E-state index contributed by atoms with van der Waals surface area (Å²) in [6, 6.07) is 5.19. The van der Waals surface area contributed by atoms with Crippen LogP contribution in [0.2, 0.25) is 5.02 Å². The summed E-state index contributed by atoms with van der Waals surface area (Å²) < 4.78 is 67.5. The van der Waals surface area contributed by atoms with Crippen LogP contribution in [0.5, 0.6) is 11.5 Å². The van der Waals surface area contributed by atoms with E-state index < -0.39 is 63.4 Å². The van der Waals surface area contributed by atoms with Crippen LogP contribution in [-0.4, -0.2) is 91.6 Å². The second-order valence-electron chi connectivity index (χ2n) is 8.99. The van der Waals surface area contributed by atoms with Crippen LogP contribution in [-0.2, 0) is 19.6 Å². The van der Waals surface area contributed by atoms with Crippen molar-refractivity contribution in [2.75, 3.05) is 45.9 Å². The molecule has 4 rings (SSSR count). The molecule has 0 spiro atoms. The van der Waals surface area contributed by atoms with Gasteiger partial charge in [-0.25, -0.2) is 27.5 Å². The minimum atomic E-state index is -4.66. The van der Waals surface area contributed by atoms with Crippen molar-refractivity contribution in [1.29, 1.82) is 0 Å². The van der Waals surface area contributed by atoms with Crippen LogP contribution in [0, 0.1) is 11.6 Å². The third-order valence-corrected chi connectivity index (χ3v) is 8.58. The number of hydroxylamine groups is 1. The molecular weight excluding hydrogens is 562 g/mol. The minimum absolute atomic E-state index is 0.0657. The quantitative estimate of drug-likeness (QED) is 0.356. The van der Waals surface area contributed by atoms with E-state index in [0.29, 0.717) is 28.0 Å². The van der Waals surface area contributed by atoms with Gasteiger partial charge in [0.1, 0.15) is 18.4 Å². The average Bonchev–Trinajstić information content (AvgIpc) is 3.44. The van der Waals surface area contributed by atoms with Gasteiger partial charge < -0.3 is 14.4 Å². The molecule has 2 aromatic carbocycles. The largest absolute Gasteiger partial charge is 0.451 e. The predicted molar refractivity (Wildman–Crippen MR) is 134 cm³/mol. The number of sulfonamides is 1. The Morgan fingerprint density at radius 1 is 1.05 bits per heavy atom. The molecule has 0 aromatic heterocycles. The molecule has 39 heavy (non-hydrogen) atoms. The van der Waals surface area contributed by atoms with Gasteiger partial charge in [-0.1, -0.05) is 11.6 Å². The zero-order chi connectivity index (χ0) is 28.2. The van der Waals surface area contributed by atoms with E-state index >= 15 is 0 Å². The predicted octanol–water partition coefficient (Wildman–Crippen LogP) is 2.82. The first kappa shape index (κ1) is 29.0. The normalized spacial score (nSPS) is 18.7. The molecule has 2 fully saturated rings. The first-order chi connectivity index (χ1) is 18.6. The van der Waals surface area contributed by atoms with Crippen LogP contribution in [0.25, 0.3) is 0 Å². The summed E-state index contributed by atoms with van der Waals surface area (Å²) in [5.41, 5.74) is 1.38. The van der Waals surface area contributed by atoms with Gasteiger partial charge in [-0.2, -0.15) is 4.31 Å². The van der Waals surface area contributed by atoms with Gasteiger partial charge in [0.05, 0.1) is 4.90 Å². The fourth-order valence-electron chi connectivity index (χ4n) is 4.41. The molecule has 0 saturated carbocycles. The fraction of sp³-hybridized carbons (Fsp3) is 0.417. The Morgan fingerprint density at radius 2 is 1.69 bits per heavy atom. The zero-order valence-corrected chi connectivity index (χ0v) is 22.3. The lowest BCUT2D eigenvalue weighted by atomic mass is 10.2. The molecule has 2 aromatic rings. The molecule has 2 aliphatic rings. The zero-order valence-electron chi connectivity index (χ0n) is 20.7. The number of ether oxygens (including phenoxy) is 2. The van der Waals surface area contributed by atoms with Crippen molar-refractivity contribution in [2.45, 2.75) is 23.8 Å². The highest BCUT2D eigenvalue weighted by molar-refractivity contribution is 7.89. The number of rotatable bonds is 8. The standard InChI is InChI=1S/C24H27ClF2N4O7S/c25-16-3-5-17(6-4-16)38-22-19(26)13-18(14-20(22)27)39(35,36)31-10-9-30(15-21(31)23(32)28-34)24(33)37-12-11-29-7-1-2-8-29/h3-6,13-14,21,34H,1-2,7-12,15H2,(H,28,32)/t21-/m1/s1. The van der Waals surface area contributed by atoms with Gasteiger partial charge in [-0.05, 0) is 62.3 Å². The van der Waals surface area contributed by atoms with E-state index in [0.717, 1.165) is 30.8 Å². The number of nitrogens with one attached hydrogen (secondary N) is 1. The summed E-state index contributed by atoms with van der Waals surface area (Å²) in [5, 5.41) is 9.58. The number of likely N-dealkylation sites (tertiary alicyclic amines) is 1. The molecule has 0 radical (unpaired) electrons. The Hall–Kier alpha value is -3.04. The van der Waals surface area contributed by atoms with Crippen molar-refractivity contribution in [3.8, 4) is 11.5 Å². The number of nitrogens with zero attached hydrogens (tertiary/aromatic N) is 3. The number of hydrogen-bond acceptors (Lipinski definition) is 8. The fourth-order valence-corrected chi connectivity index (χ4v) is 6.13. The van der Waals surface area contributed by atoms with Crippen LogP contribution in [0.1, 0.15) is 12.8 Å². The molecule has 2 aliphatic heterocycles. The van der Waals surface area contributed by atoms with Gasteiger partial charge in [0.15, 0.2) is 17.4 Å². The average molecular weight is 589 g/mol. The summed E-state index contributed by atoms with van der Waals surface area (Å²) in [4.78, 5) is 27.5. The Balaban J connectivity index is 1.49. The first-order valence-electron chi connectivity index (χ1n) is 12.1. The Bertz CT molecular complexity index is 1290. The molecule has 1 atom stereocenters. The number of piperazine rings is 1. The van der Waals surface area contributed by atoms with Crippen LogP contribution in [0.15, 0.2) is 41.3 Å². The summed E-state index contributed by atoms with van der Waals surface area (Å²) in [7, 11) is -4.66. The first-order valence-corrected chi connectivity index (χ1v) is 13.9. The van der Waals surface area contributed by atoms with E-state index in [1.165, 1.54) is 29.7 Å². The molecule has 0 bridgehead atoms. The lowest BCUT2D eigenvalue weighted by Crippen LogP contribution is -2.61. The Kier molecular flexibility index (Phi) is 9.23. The Morgan fingerprint density at radius 3 is 2.31 bits per heavy atom. The third kappa shape index (κ3) is 6.76. The van der Waals surface area contributed by atoms with E-state index in [1.54, 1.807) is 0 Å². The highest BCUT2D eigenvalue weighted by Crippen LogP contribution is 2.32. The molecule has 0 aliphatic carbocycles. The Labute approximate surface area is 228 Å². The molecule has 212 valence electrons. The van der Waals surface area contributed by atoms with Crippen molar-refractivity contribution in [3.05, 3.63) is 53.1 Å². The number of carbonyl (C=O) groups is 2. The number of halogens is 3. The van der Waals surface area contributed by atoms with E-state index in [-0.39, 0.29) is 18.9 Å².